The fourth-order valence-corrected chi connectivity index (χ4v) is 1.57. The number of nitrogens with one attached hydrogen (secondary N) is 1. The number of carbonyl (C=O) groups is 1. The van der Waals surface area contributed by atoms with Crippen molar-refractivity contribution in [1.82, 2.24) is 15.1 Å². The summed E-state index contributed by atoms with van der Waals surface area (Å²) in [5, 5.41) is 25.2. The molecule has 0 aliphatic rings. The monoisotopic (exact) mass is 241 g/mol. The van der Waals surface area contributed by atoms with E-state index in [-0.39, 0.29) is 19.1 Å². The van der Waals surface area contributed by atoms with Crippen molar-refractivity contribution in [3.8, 4) is 0 Å². The highest BCUT2D eigenvalue weighted by Gasteiger charge is 2.29. The van der Waals surface area contributed by atoms with Crippen molar-refractivity contribution in [2.75, 3.05) is 13.2 Å². The van der Waals surface area contributed by atoms with E-state index in [1.54, 1.807) is 27.0 Å². The first-order valence-corrected chi connectivity index (χ1v) is 5.53. The summed E-state index contributed by atoms with van der Waals surface area (Å²) >= 11 is 0. The molecule has 1 heterocycles. The van der Waals surface area contributed by atoms with Gasteiger partial charge in [-0.2, -0.15) is 5.10 Å². The molecule has 0 aromatic carbocycles. The second-order valence-corrected chi connectivity index (χ2v) is 4.20. The molecule has 1 aromatic heterocycles. The van der Waals surface area contributed by atoms with Crippen molar-refractivity contribution < 1.29 is 15.0 Å². The second-order valence-electron chi connectivity index (χ2n) is 4.20. The normalized spacial score (nSPS) is 11.6. The molecule has 17 heavy (non-hydrogen) atoms. The second kappa shape index (κ2) is 5.29. The van der Waals surface area contributed by atoms with Crippen LogP contribution in [-0.4, -0.2) is 44.7 Å². The van der Waals surface area contributed by atoms with Crippen LogP contribution in [0.25, 0.3) is 0 Å². The highest BCUT2D eigenvalue weighted by molar-refractivity contribution is 5.93. The molecule has 0 saturated carbocycles. The molecule has 6 heteroatoms. The molecule has 1 amide bonds. The highest BCUT2D eigenvalue weighted by Crippen LogP contribution is 2.10. The van der Waals surface area contributed by atoms with Crippen LogP contribution in [0.3, 0.4) is 0 Å². The lowest BCUT2D eigenvalue weighted by Crippen LogP contribution is -2.54. The average molecular weight is 241 g/mol. The fourth-order valence-electron chi connectivity index (χ4n) is 1.57. The molecule has 0 radical (unpaired) electrons. The number of carbonyl (C=O) groups excluding carboxylic acids is 1. The smallest absolute Gasteiger partial charge is 0.270 e. The van der Waals surface area contributed by atoms with Gasteiger partial charge in [-0.25, -0.2) is 0 Å². The molecule has 0 aliphatic carbocycles. The van der Waals surface area contributed by atoms with Crippen LogP contribution in [0.1, 0.15) is 29.5 Å². The third kappa shape index (κ3) is 2.83. The Labute approximate surface area is 100 Å². The number of hydrogen-bond acceptors (Lipinski definition) is 4. The lowest BCUT2D eigenvalue weighted by atomic mass is 9.98. The Balaban J connectivity index is 2.88. The van der Waals surface area contributed by atoms with Crippen LogP contribution in [-0.2, 0) is 7.05 Å². The molecule has 1 rings (SSSR count). The van der Waals surface area contributed by atoms with E-state index in [9.17, 15) is 15.0 Å². The van der Waals surface area contributed by atoms with Crippen molar-refractivity contribution >= 4 is 5.91 Å². The fraction of sp³-hybridized carbons (Fsp3) is 0.636. The zero-order chi connectivity index (χ0) is 13.1. The van der Waals surface area contributed by atoms with E-state index >= 15 is 0 Å². The predicted molar refractivity (Wildman–Crippen MR) is 62.6 cm³/mol. The molecule has 0 aliphatic heterocycles. The maximum absolute atomic E-state index is 12.0. The van der Waals surface area contributed by atoms with Crippen LogP contribution < -0.4 is 5.32 Å². The number of rotatable bonds is 5. The Morgan fingerprint density at radius 1 is 1.53 bits per heavy atom. The Morgan fingerprint density at radius 3 is 2.47 bits per heavy atom. The van der Waals surface area contributed by atoms with Crippen LogP contribution >= 0.6 is 0 Å². The van der Waals surface area contributed by atoms with Crippen LogP contribution in [0.5, 0.6) is 0 Å². The molecule has 96 valence electrons. The molecule has 0 atom stereocenters. The van der Waals surface area contributed by atoms with Gasteiger partial charge in [0.25, 0.3) is 5.91 Å². The van der Waals surface area contributed by atoms with Gasteiger partial charge in [-0.3, -0.25) is 9.48 Å². The van der Waals surface area contributed by atoms with Crippen molar-refractivity contribution in [3.05, 3.63) is 17.5 Å². The molecule has 0 fully saturated rings. The van der Waals surface area contributed by atoms with Crippen molar-refractivity contribution in [2.45, 2.75) is 25.8 Å². The zero-order valence-corrected chi connectivity index (χ0v) is 10.4. The van der Waals surface area contributed by atoms with E-state index in [0.717, 1.165) is 5.69 Å². The number of hydrogen-bond donors (Lipinski definition) is 3. The molecule has 0 unspecified atom stereocenters. The number of aromatic nitrogens is 2. The number of amides is 1. The minimum absolute atomic E-state index is 0.303. The van der Waals surface area contributed by atoms with Gasteiger partial charge in [0.2, 0.25) is 0 Å². The highest BCUT2D eigenvalue weighted by atomic mass is 16.3. The topological polar surface area (TPSA) is 87.4 Å². The predicted octanol–water partition coefficient (Wildman–Crippen LogP) is -0.408. The molecule has 3 N–H and O–H groups in total. The van der Waals surface area contributed by atoms with Crippen molar-refractivity contribution in [2.24, 2.45) is 7.05 Å². The quantitative estimate of drug-likeness (QED) is 0.654. The van der Waals surface area contributed by atoms with Gasteiger partial charge in [0, 0.05) is 7.05 Å². The van der Waals surface area contributed by atoms with E-state index in [1.807, 2.05) is 0 Å². The minimum Gasteiger partial charge on any atom is -0.394 e. The summed E-state index contributed by atoms with van der Waals surface area (Å²) in [5.74, 6) is -0.349. The van der Waals surface area contributed by atoms with Crippen LogP contribution in [0.4, 0.5) is 0 Å². The van der Waals surface area contributed by atoms with E-state index in [0.29, 0.717) is 12.1 Å². The SMILES string of the molecule is CCC(CO)(CO)NC(=O)c1cc(C)nn1C. The average Bonchev–Trinajstić information content (AvgIpc) is 2.65. The molecule has 1 aromatic rings. The molecule has 0 saturated heterocycles. The van der Waals surface area contributed by atoms with Gasteiger partial charge in [0.05, 0.1) is 24.4 Å². The largest absolute Gasteiger partial charge is 0.394 e. The lowest BCUT2D eigenvalue weighted by Gasteiger charge is -2.29. The third-order valence-electron chi connectivity index (χ3n) is 2.90. The van der Waals surface area contributed by atoms with Crippen LogP contribution in [0.15, 0.2) is 6.07 Å². The zero-order valence-electron chi connectivity index (χ0n) is 10.4. The van der Waals surface area contributed by atoms with Gasteiger partial charge in [-0.15, -0.1) is 0 Å². The summed E-state index contributed by atoms with van der Waals surface area (Å²) in [7, 11) is 1.67. The Hall–Kier alpha value is -1.40. The van der Waals surface area contributed by atoms with E-state index < -0.39 is 5.54 Å². The van der Waals surface area contributed by atoms with Crippen LogP contribution in [0.2, 0.25) is 0 Å². The van der Waals surface area contributed by atoms with Gasteiger partial charge in [0.15, 0.2) is 0 Å². The summed E-state index contributed by atoms with van der Waals surface area (Å²) < 4.78 is 1.47. The van der Waals surface area contributed by atoms with Gasteiger partial charge in [0.1, 0.15) is 5.69 Å². The molecular formula is C11H19N3O3. The first-order chi connectivity index (χ1) is 7.98. The number of nitrogens with zero attached hydrogens (tertiary/aromatic N) is 2. The number of aliphatic hydroxyl groups is 2. The Morgan fingerprint density at radius 2 is 2.12 bits per heavy atom. The Bertz CT molecular complexity index is 388. The first-order valence-electron chi connectivity index (χ1n) is 5.53. The van der Waals surface area contributed by atoms with Gasteiger partial charge in [-0.05, 0) is 19.4 Å². The van der Waals surface area contributed by atoms with Gasteiger partial charge >= 0.3 is 0 Å². The standard InChI is InChI=1S/C11H19N3O3/c1-4-11(6-15,7-16)12-10(17)9-5-8(2)13-14(9)3/h5,15-16H,4,6-7H2,1-3H3,(H,12,17). The van der Waals surface area contributed by atoms with Crippen LogP contribution in [0, 0.1) is 6.92 Å². The maximum atomic E-state index is 12.0. The van der Waals surface area contributed by atoms with Gasteiger partial charge < -0.3 is 15.5 Å². The molecule has 0 spiro atoms. The summed E-state index contributed by atoms with van der Waals surface area (Å²) in [4.78, 5) is 12.0. The number of aliphatic hydroxyl groups excluding tert-OH is 2. The minimum atomic E-state index is -0.977. The van der Waals surface area contributed by atoms with Gasteiger partial charge in [-0.1, -0.05) is 6.92 Å². The summed E-state index contributed by atoms with van der Waals surface area (Å²) in [6, 6.07) is 1.66. The number of aryl methyl sites for hydroxylation is 2. The van der Waals surface area contributed by atoms with Crippen molar-refractivity contribution in [3.63, 3.8) is 0 Å². The molecule has 6 nitrogen and oxygen atoms in total. The van der Waals surface area contributed by atoms with E-state index in [4.69, 9.17) is 0 Å². The summed E-state index contributed by atoms with van der Waals surface area (Å²) in [6.07, 6.45) is 0.447. The molecule has 0 bridgehead atoms. The van der Waals surface area contributed by atoms with E-state index in [2.05, 4.69) is 10.4 Å². The first kappa shape index (κ1) is 13.7. The molecular weight excluding hydrogens is 222 g/mol. The maximum Gasteiger partial charge on any atom is 0.270 e. The van der Waals surface area contributed by atoms with E-state index in [1.165, 1.54) is 4.68 Å². The lowest BCUT2D eigenvalue weighted by molar-refractivity contribution is 0.0645. The summed E-state index contributed by atoms with van der Waals surface area (Å²) in [6.45, 7) is 2.98. The third-order valence-corrected chi connectivity index (χ3v) is 2.90. The Kier molecular flexibility index (Phi) is 4.25. The van der Waals surface area contributed by atoms with Crippen molar-refractivity contribution in [1.29, 1.82) is 0 Å². The summed E-state index contributed by atoms with van der Waals surface area (Å²) in [5.41, 5.74) is 0.171.